The molecule has 1 aliphatic carbocycles. The Morgan fingerprint density at radius 3 is 2.28 bits per heavy atom. The van der Waals surface area contributed by atoms with Crippen LogP contribution in [0.3, 0.4) is 0 Å². The second-order valence-electron chi connectivity index (χ2n) is 8.35. The van der Waals surface area contributed by atoms with Gasteiger partial charge in [0.1, 0.15) is 5.41 Å². The zero-order chi connectivity index (χ0) is 20.4. The predicted molar refractivity (Wildman–Crippen MR) is 115 cm³/mol. The average Bonchev–Trinajstić information content (AvgIpc) is 3.55. The van der Waals surface area contributed by atoms with E-state index in [4.69, 9.17) is 0 Å². The quantitative estimate of drug-likeness (QED) is 0.736. The molecule has 0 radical (unpaired) electrons. The normalized spacial score (nSPS) is 17.7. The first-order valence-corrected chi connectivity index (χ1v) is 10.4. The predicted octanol–water partition coefficient (Wildman–Crippen LogP) is 3.08. The first-order chi connectivity index (χ1) is 14.0. The molecule has 0 aromatic heterocycles. The zero-order valence-corrected chi connectivity index (χ0v) is 17.3. The highest BCUT2D eigenvalue weighted by Gasteiger charge is 2.59. The van der Waals surface area contributed by atoms with Gasteiger partial charge in [-0.15, -0.1) is 0 Å². The third kappa shape index (κ3) is 4.00. The molecule has 4 rings (SSSR count). The van der Waals surface area contributed by atoms with Gasteiger partial charge >= 0.3 is 0 Å². The van der Waals surface area contributed by atoms with E-state index in [0.717, 1.165) is 18.7 Å². The van der Waals surface area contributed by atoms with Crippen LogP contribution in [-0.4, -0.2) is 54.8 Å². The lowest BCUT2D eigenvalue weighted by molar-refractivity contribution is -0.149. The van der Waals surface area contributed by atoms with Gasteiger partial charge in [-0.1, -0.05) is 42.5 Å². The number of benzene rings is 2. The van der Waals surface area contributed by atoms with E-state index < -0.39 is 5.41 Å². The van der Waals surface area contributed by atoms with E-state index in [1.54, 1.807) is 11.9 Å². The highest BCUT2D eigenvalue weighted by atomic mass is 16.2. The molecule has 1 saturated carbocycles. The van der Waals surface area contributed by atoms with E-state index in [2.05, 4.69) is 36.1 Å². The summed E-state index contributed by atoms with van der Waals surface area (Å²) in [5.41, 5.74) is 2.70. The molecule has 0 unspecified atom stereocenters. The van der Waals surface area contributed by atoms with Crippen molar-refractivity contribution in [1.82, 2.24) is 9.80 Å². The molecule has 0 spiro atoms. The van der Waals surface area contributed by atoms with Gasteiger partial charge in [-0.05, 0) is 43.0 Å². The largest absolute Gasteiger partial charge is 0.368 e. The first kappa shape index (κ1) is 19.5. The fourth-order valence-corrected chi connectivity index (χ4v) is 4.23. The molecule has 1 aliphatic heterocycles. The molecule has 29 heavy (non-hydrogen) atoms. The number of hydrogen-bond acceptors (Lipinski definition) is 3. The van der Waals surface area contributed by atoms with Crippen molar-refractivity contribution >= 4 is 17.5 Å². The van der Waals surface area contributed by atoms with Crippen LogP contribution in [0.25, 0.3) is 0 Å². The number of hydrogen-bond donors (Lipinski definition) is 0. The van der Waals surface area contributed by atoms with Crippen molar-refractivity contribution in [3.63, 3.8) is 0 Å². The SMILES string of the molecule is Cc1cccc(N2CCN(C(=O)C3(C(=O)N(C)Cc4ccccc4)CC3)CC2)c1. The summed E-state index contributed by atoms with van der Waals surface area (Å²) in [6.45, 7) is 5.58. The Morgan fingerprint density at radius 1 is 0.966 bits per heavy atom. The lowest BCUT2D eigenvalue weighted by Gasteiger charge is -2.38. The second kappa shape index (κ2) is 7.90. The number of anilines is 1. The Morgan fingerprint density at radius 2 is 1.66 bits per heavy atom. The van der Waals surface area contributed by atoms with Crippen LogP contribution < -0.4 is 4.90 Å². The molecule has 0 atom stereocenters. The summed E-state index contributed by atoms with van der Waals surface area (Å²) in [5.74, 6) is -0.0150. The monoisotopic (exact) mass is 391 g/mol. The van der Waals surface area contributed by atoms with Gasteiger partial charge in [0.2, 0.25) is 11.8 Å². The van der Waals surface area contributed by atoms with Crippen LogP contribution in [0, 0.1) is 12.3 Å². The van der Waals surface area contributed by atoms with E-state index in [1.807, 2.05) is 35.2 Å². The third-order valence-electron chi connectivity index (χ3n) is 6.11. The summed E-state index contributed by atoms with van der Waals surface area (Å²) in [6.07, 6.45) is 1.34. The van der Waals surface area contributed by atoms with Crippen molar-refractivity contribution in [2.75, 3.05) is 38.1 Å². The van der Waals surface area contributed by atoms with Crippen LogP contribution in [0.1, 0.15) is 24.0 Å². The maximum atomic E-state index is 13.2. The Bertz CT molecular complexity index is 884. The summed E-state index contributed by atoms with van der Waals surface area (Å²) >= 11 is 0. The zero-order valence-electron chi connectivity index (χ0n) is 17.3. The van der Waals surface area contributed by atoms with Gasteiger partial charge < -0.3 is 14.7 Å². The fourth-order valence-electron chi connectivity index (χ4n) is 4.23. The summed E-state index contributed by atoms with van der Waals surface area (Å²) in [5, 5.41) is 0. The summed E-state index contributed by atoms with van der Waals surface area (Å²) in [7, 11) is 1.80. The molecule has 0 bridgehead atoms. The number of nitrogens with zero attached hydrogens (tertiary/aromatic N) is 3. The molecule has 5 heteroatoms. The van der Waals surface area contributed by atoms with E-state index in [0.29, 0.717) is 32.5 Å². The van der Waals surface area contributed by atoms with Crippen molar-refractivity contribution in [2.45, 2.75) is 26.3 Å². The Balaban J connectivity index is 1.37. The van der Waals surface area contributed by atoms with E-state index in [9.17, 15) is 9.59 Å². The summed E-state index contributed by atoms with van der Waals surface area (Å²) in [6, 6.07) is 18.4. The molecule has 2 aliphatic rings. The van der Waals surface area contributed by atoms with Crippen molar-refractivity contribution in [3.05, 3.63) is 65.7 Å². The van der Waals surface area contributed by atoms with Crippen molar-refractivity contribution in [3.8, 4) is 0 Å². The van der Waals surface area contributed by atoms with Gasteiger partial charge in [0.25, 0.3) is 0 Å². The van der Waals surface area contributed by atoms with Gasteiger partial charge in [-0.2, -0.15) is 0 Å². The van der Waals surface area contributed by atoms with E-state index in [-0.39, 0.29) is 11.8 Å². The lowest BCUT2D eigenvalue weighted by Crippen LogP contribution is -2.53. The lowest BCUT2D eigenvalue weighted by atomic mass is 10.0. The maximum absolute atomic E-state index is 13.2. The minimum atomic E-state index is -0.824. The van der Waals surface area contributed by atoms with Crippen LogP contribution in [0.2, 0.25) is 0 Å². The molecule has 2 fully saturated rings. The molecule has 152 valence electrons. The number of carbonyl (C=O) groups excluding carboxylic acids is 2. The van der Waals surface area contributed by atoms with Crippen LogP contribution in [0.15, 0.2) is 54.6 Å². The van der Waals surface area contributed by atoms with Crippen molar-refractivity contribution in [1.29, 1.82) is 0 Å². The number of carbonyl (C=O) groups is 2. The second-order valence-corrected chi connectivity index (χ2v) is 8.35. The minimum Gasteiger partial charge on any atom is -0.368 e. The van der Waals surface area contributed by atoms with Gasteiger partial charge in [0, 0.05) is 45.5 Å². The van der Waals surface area contributed by atoms with Crippen LogP contribution in [0.4, 0.5) is 5.69 Å². The molecule has 2 aromatic carbocycles. The number of aryl methyl sites for hydroxylation is 1. The number of amides is 2. The van der Waals surface area contributed by atoms with Gasteiger partial charge in [0.05, 0.1) is 0 Å². The highest BCUT2D eigenvalue weighted by molar-refractivity contribution is 6.07. The first-order valence-electron chi connectivity index (χ1n) is 10.4. The van der Waals surface area contributed by atoms with E-state index in [1.165, 1.54) is 11.3 Å². The maximum Gasteiger partial charge on any atom is 0.238 e. The van der Waals surface area contributed by atoms with Crippen molar-refractivity contribution in [2.24, 2.45) is 5.41 Å². The molecule has 5 nitrogen and oxygen atoms in total. The molecule has 0 N–H and O–H groups in total. The smallest absolute Gasteiger partial charge is 0.238 e. The summed E-state index contributed by atoms with van der Waals surface area (Å²) in [4.78, 5) is 32.3. The van der Waals surface area contributed by atoms with Gasteiger partial charge in [0.15, 0.2) is 0 Å². The highest BCUT2D eigenvalue weighted by Crippen LogP contribution is 2.49. The van der Waals surface area contributed by atoms with Gasteiger partial charge in [-0.3, -0.25) is 9.59 Å². The topological polar surface area (TPSA) is 43.9 Å². The average molecular weight is 392 g/mol. The Kier molecular flexibility index (Phi) is 5.31. The van der Waals surface area contributed by atoms with Gasteiger partial charge in [-0.25, -0.2) is 0 Å². The van der Waals surface area contributed by atoms with Crippen LogP contribution in [-0.2, 0) is 16.1 Å². The molecule has 1 heterocycles. The van der Waals surface area contributed by atoms with E-state index >= 15 is 0 Å². The van der Waals surface area contributed by atoms with Crippen LogP contribution >= 0.6 is 0 Å². The molecule has 1 saturated heterocycles. The van der Waals surface area contributed by atoms with Crippen LogP contribution in [0.5, 0.6) is 0 Å². The molecule has 2 amide bonds. The number of piperazine rings is 1. The standard InChI is InChI=1S/C24H29N3O2/c1-19-7-6-10-21(17-19)26-13-15-27(16-14-26)23(29)24(11-12-24)22(28)25(2)18-20-8-4-3-5-9-20/h3-10,17H,11-16,18H2,1-2H3. The molecular weight excluding hydrogens is 362 g/mol. The third-order valence-corrected chi connectivity index (χ3v) is 6.11. The fraction of sp³-hybridized carbons (Fsp3) is 0.417. The summed E-state index contributed by atoms with van der Waals surface area (Å²) < 4.78 is 0. The minimum absolute atomic E-state index is 0.0197. The Labute approximate surface area is 172 Å². The molecule has 2 aromatic rings. The number of rotatable bonds is 5. The van der Waals surface area contributed by atoms with Crippen molar-refractivity contribution < 1.29 is 9.59 Å². The molecular formula is C24H29N3O2. The Hall–Kier alpha value is -2.82.